The van der Waals surface area contributed by atoms with E-state index in [-0.39, 0.29) is 5.91 Å². The van der Waals surface area contributed by atoms with Gasteiger partial charge in [-0.3, -0.25) is 4.79 Å². The first-order valence-electron chi connectivity index (χ1n) is 4.11. The molecule has 2 fully saturated rings. The molecule has 0 aliphatic carbocycles. The molecule has 0 N–H and O–H groups in total. The number of hydrogen-bond acceptors (Lipinski definition) is 2. The average Bonchev–Trinajstić information content (AvgIpc) is 1.81. The van der Waals surface area contributed by atoms with Crippen LogP contribution in [0.25, 0.3) is 0 Å². The summed E-state index contributed by atoms with van der Waals surface area (Å²) < 4.78 is 5.10. The summed E-state index contributed by atoms with van der Waals surface area (Å²) >= 11 is 0. The van der Waals surface area contributed by atoms with Crippen LogP contribution in [0, 0.1) is 5.41 Å². The minimum atomic E-state index is 0.280. The quantitative estimate of drug-likeness (QED) is 0.543. The second-order valence-electron chi connectivity index (χ2n) is 3.60. The number of hydrogen-bond donors (Lipinski definition) is 0. The van der Waals surface area contributed by atoms with E-state index in [1.165, 1.54) is 0 Å². The van der Waals surface area contributed by atoms with Crippen molar-refractivity contribution < 1.29 is 9.53 Å². The highest BCUT2D eigenvalue weighted by Gasteiger charge is 2.50. The molecule has 3 heteroatoms. The third-order valence-electron chi connectivity index (χ3n) is 2.52. The summed E-state index contributed by atoms with van der Waals surface area (Å²) in [4.78, 5) is 13.0. The molecule has 0 atom stereocenters. The fraction of sp³-hybridized carbons (Fsp3) is 0.875. The van der Waals surface area contributed by atoms with Crippen molar-refractivity contribution >= 4 is 5.91 Å². The zero-order valence-corrected chi connectivity index (χ0v) is 6.80. The summed E-state index contributed by atoms with van der Waals surface area (Å²) in [5.41, 5.74) is 0.380. The lowest BCUT2D eigenvalue weighted by Gasteiger charge is -2.54. The van der Waals surface area contributed by atoms with Gasteiger partial charge in [0.2, 0.25) is 5.91 Å². The summed E-state index contributed by atoms with van der Waals surface area (Å²) in [6.45, 7) is 5.49. The summed E-state index contributed by atoms with van der Waals surface area (Å²) in [5.74, 6) is 0.280. The van der Waals surface area contributed by atoms with Crippen molar-refractivity contribution in [1.29, 1.82) is 0 Å². The van der Waals surface area contributed by atoms with Gasteiger partial charge >= 0.3 is 0 Å². The molecule has 0 saturated carbocycles. The van der Waals surface area contributed by atoms with Crippen molar-refractivity contribution in [2.45, 2.75) is 13.3 Å². The number of carbonyl (C=O) groups excluding carboxylic acids is 1. The monoisotopic (exact) mass is 155 g/mol. The normalized spacial score (nSPS) is 26.1. The van der Waals surface area contributed by atoms with Crippen LogP contribution in [0.2, 0.25) is 0 Å². The Balaban J connectivity index is 1.83. The minimum Gasteiger partial charge on any atom is -0.380 e. The molecule has 2 saturated heterocycles. The fourth-order valence-corrected chi connectivity index (χ4v) is 1.74. The first-order valence-corrected chi connectivity index (χ1v) is 4.11. The molecule has 0 aromatic rings. The zero-order valence-electron chi connectivity index (χ0n) is 6.80. The maximum atomic E-state index is 11.1. The molecule has 0 radical (unpaired) electrons. The molecule has 2 heterocycles. The van der Waals surface area contributed by atoms with E-state index in [2.05, 4.69) is 0 Å². The number of carbonyl (C=O) groups is 1. The molecule has 11 heavy (non-hydrogen) atoms. The van der Waals surface area contributed by atoms with Crippen LogP contribution >= 0.6 is 0 Å². The number of rotatable bonds is 1. The molecule has 1 amide bonds. The highest BCUT2D eigenvalue weighted by atomic mass is 16.5. The second-order valence-corrected chi connectivity index (χ2v) is 3.60. The predicted octanol–water partition coefficient (Wildman–Crippen LogP) is 0.255. The lowest BCUT2D eigenvalue weighted by Crippen LogP contribution is -2.67. The predicted molar refractivity (Wildman–Crippen MR) is 40.1 cm³/mol. The first kappa shape index (κ1) is 7.10. The molecule has 1 spiro atoms. The van der Waals surface area contributed by atoms with Gasteiger partial charge in [0.1, 0.15) is 0 Å². The van der Waals surface area contributed by atoms with E-state index in [0.717, 1.165) is 26.3 Å². The topological polar surface area (TPSA) is 29.5 Å². The largest absolute Gasteiger partial charge is 0.380 e. The third kappa shape index (κ3) is 0.948. The van der Waals surface area contributed by atoms with Gasteiger partial charge in [-0.05, 0) is 0 Å². The lowest BCUT2D eigenvalue weighted by molar-refractivity contribution is -0.194. The Morgan fingerprint density at radius 1 is 1.55 bits per heavy atom. The Bertz CT molecular complexity index is 179. The van der Waals surface area contributed by atoms with Gasteiger partial charge in [-0.2, -0.15) is 0 Å². The third-order valence-corrected chi connectivity index (χ3v) is 2.52. The molecule has 2 rings (SSSR count). The Morgan fingerprint density at radius 2 is 2.18 bits per heavy atom. The van der Waals surface area contributed by atoms with Crippen LogP contribution in [0.15, 0.2) is 0 Å². The standard InChI is InChI=1S/C8H13NO2/c1-2-7(10)9-3-8(4-9)5-11-6-8/h2-6H2,1H3. The van der Waals surface area contributed by atoms with Crippen molar-refractivity contribution in [3.05, 3.63) is 0 Å². The van der Waals surface area contributed by atoms with Gasteiger partial charge in [0.15, 0.2) is 0 Å². The maximum absolute atomic E-state index is 11.1. The molecular weight excluding hydrogens is 142 g/mol. The summed E-state index contributed by atoms with van der Waals surface area (Å²) in [6, 6.07) is 0. The molecular formula is C8H13NO2. The Morgan fingerprint density at radius 3 is 2.55 bits per heavy atom. The van der Waals surface area contributed by atoms with Crippen LogP contribution in [0.5, 0.6) is 0 Å². The average molecular weight is 155 g/mol. The van der Waals surface area contributed by atoms with Crippen LogP contribution in [-0.4, -0.2) is 37.1 Å². The van der Waals surface area contributed by atoms with Crippen molar-refractivity contribution in [2.24, 2.45) is 5.41 Å². The number of nitrogens with zero attached hydrogens (tertiary/aromatic N) is 1. The highest BCUT2D eigenvalue weighted by Crippen LogP contribution is 2.37. The highest BCUT2D eigenvalue weighted by molar-refractivity contribution is 5.76. The van der Waals surface area contributed by atoms with Gasteiger partial charge in [-0.1, -0.05) is 6.92 Å². The van der Waals surface area contributed by atoms with Gasteiger partial charge in [0, 0.05) is 19.5 Å². The second kappa shape index (κ2) is 2.21. The van der Waals surface area contributed by atoms with E-state index in [4.69, 9.17) is 4.74 Å². The van der Waals surface area contributed by atoms with Gasteiger partial charge in [0.25, 0.3) is 0 Å². The SMILES string of the molecule is CCC(=O)N1CC2(COC2)C1. The van der Waals surface area contributed by atoms with E-state index in [1.54, 1.807) is 0 Å². The summed E-state index contributed by atoms with van der Waals surface area (Å²) in [7, 11) is 0. The smallest absolute Gasteiger partial charge is 0.222 e. The Labute approximate surface area is 66.3 Å². The van der Waals surface area contributed by atoms with Gasteiger partial charge in [-0.15, -0.1) is 0 Å². The molecule has 0 aromatic carbocycles. The summed E-state index contributed by atoms with van der Waals surface area (Å²) in [5, 5.41) is 0. The van der Waals surface area contributed by atoms with Crippen molar-refractivity contribution in [3.8, 4) is 0 Å². The van der Waals surface area contributed by atoms with Gasteiger partial charge < -0.3 is 9.64 Å². The molecule has 0 bridgehead atoms. The van der Waals surface area contributed by atoms with E-state index in [0.29, 0.717) is 11.8 Å². The van der Waals surface area contributed by atoms with Crippen LogP contribution in [-0.2, 0) is 9.53 Å². The van der Waals surface area contributed by atoms with Crippen molar-refractivity contribution in [2.75, 3.05) is 26.3 Å². The van der Waals surface area contributed by atoms with E-state index in [1.807, 2.05) is 11.8 Å². The van der Waals surface area contributed by atoms with Crippen LogP contribution in [0.4, 0.5) is 0 Å². The van der Waals surface area contributed by atoms with E-state index < -0.39 is 0 Å². The van der Waals surface area contributed by atoms with Crippen molar-refractivity contribution in [1.82, 2.24) is 4.90 Å². The number of likely N-dealkylation sites (tertiary alicyclic amines) is 1. The lowest BCUT2D eigenvalue weighted by atomic mass is 9.78. The van der Waals surface area contributed by atoms with Gasteiger partial charge in [-0.25, -0.2) is 0 Å². The van der Waals surface area contributed by atoms with Crippen molar-refractivity contribution in [3.63, 3.8) is 0 Å². The fourth-order valence-electron chi connectivity index (χ4n) is 1.74. The maximum Gasteiger partial charge on any atom is 0.222 e. The molecule has 2 aliphatic rings. The molecule has 0 unspecified atom stereocenters. The molecule has 0 aromatic heterocycles. The Kier molecular flexibility index (Phi) is 1.42. The van der Waals surface area contributed by atoms with Crippen LogP contribution in [0.3, 0.4) is 0 Å². The zero-order chi connectivity index (χ0) is 7.90. The van der Waals surface area contributed by atoms with E-state index >= 15 is 0 Å². The van der Waals surface area contributed by atoms with Crippen LogP contribution in [0.1, 0.15) is 13.3 Å². The number of amides is 1. The summed E-state index contributed by atoms with van der Waals surface area (Å²) in [6.07, 6.45) is 0.636. The Hall–Kier alpha value is -0.570. The number of ether oxygens (including phenoxy) is 1. The first-order chi connectivity index (χ1) is 5.26. The van der Waals surface area contributed by atoms with Crippen LogP contribution < -0.4 is 0 Å². The molecule has 62 valence electrons. The van der Waals surface area contributed by atoms with E-state index in [9.17, 15) is 4.79 Å². The molecule has 3 nitrogen and oxygen atoms in total. The van der Waals surface area contributed by atoms with Gasteiger partial charge in [0.05, 0.1) is 18.6 Å². The minimum absolute atomic E-state index is 0.280. The molecule has 2 aliphatic heterocycles.